The van der Waals surface area contributed by atoms with Crippen LogP contribution in [-0.2, 0) is 6.61 Å². The highest BCUT2D eigenvalue weighted by Crippen LogP contribution is 2.28. The predicted molar refractivity (Wildman–Crippen MR) is 124 cm³/mol. The number of aryl methyl sites for hydroxylation is 2. The van der Waals surface area contributed by atoms with E-state index in [9.17, 15) is 5.11 Å². The van der Waals surface area contributed by atoms with E-state index in [0.29, 0.717) is 18.2 Å². The molecule has 0 radical (unpaired) electrons. The number of nitrogens with zero attached hydrogens (tertiary/aromatic N) is 3. The molecular weight excluding hydrogens is 406 g/mol. The van der Waals surface area contributed by atoms with Gasteiger partial charge in [0.15, 0.2) is 11.0 Å². The zero-order valence-corrected chi connectivity index (χ0v) is 18.4. The van der Waals surface area contributed by atoms with Crippen molar-refractivity contribution in [2.24, 2.45) is 0 Å². The first-order valence-corrected chi connectivity index (χ1v) is 11.2. The first kappa shape index (κ1) is 21.2. The summed E-state index contributed by atoms with van der Waals surface area (Å²) < 4.78 is 8.14. The molecule has 31 heavy (non-hydrogen) atoms. The maximum absolute atomic E-state index is 10.6. The van der Waals surface area contributed by atoms with Gasteiger partial charge in [-0.3, -0.25) is 4.57 Å². The molecule has 0 saturated heterocycles. The molecule has 0 amide bonds. The largest absolute Gasteiger partial charge is 0.485 e. The molecule has 5 nitrogen and oxygen atoms in total. The van der Waals surface area contributed by atoms with Gasteiger partial charge >= 0.3 is 0 Å². The molecule has 1 N–H and O–H groups in total. The second-order valence-electron chi connectivity index (χ2n) is 7.32. The van der Waals surface area contributed by atoms with Crippen LogP contribution in [-0.4, -0.2) is 25.6 Å². The summed E-state index contributed by atoms with van der Waals surface area (Å²) in [5, 5.41) is 20.1. The lowest BCUT2D eigenvalue weighted by molar-refractivity contribution is 0.204. The lowest BCUT2D eigenvalue weighted by Gasteiger charge is -2.14. The summed E-state index contributed by atoms with van der Waals surface area (Å²) >= 11 is 1.48. The average molecular weight is 432 g/mol. The third-order valence-corrected chi connectivity index (χ3v) is 6.03. The van der Waals surface area contributed by atoms with E-state index < -0.39 is 6.10 Å². The first-order chi connectivity index (χ1) is 15.1. The van der Waals surface area contributed by atoms with Crippen LogP contribution in [0.2, 0.25) is 0 Å². The number of benzene rings is 3. The summed E-state index contributed by atoms with van der Waals surface area (Å²) in [7, 11) is 0. The maximum atomic E-state index is 10.6. The Morgan fingerprint density at radius 2 is 1.52 bits per heavy atom. The van der Waals surface area contributed by atoms with Crippen LogP contribution in [0.15, 0.2) is 84.0 Å². The van der Waals surface area contributed by atoms with Crippen LogP contribution in [0.5, 0.6) is 5.75 Å². The van der Waals surface area contributed by atoms with E-state index in [-0.39, 0.29) is 0 Å². The highest BCUT2D eigenvalue weighted by atomic mass is 32.2. The van der Waals surface area contributed by atoms with Crippen molar-refractivity contribution in [1.29, 1.82) is 0 Å². The van der Waals surface area contributed by atoms with Gasteiger partial charge in [0.25, 0.3) is 0 Å². The molecular formula is C25H25N3O2S. The number of ether oxygens (including phenoxy) is 1. The molecule has 4 rings (SSSR count). The van der Waals surface area contributed by atoms with Crippen LogP contribution in [0.3, 0.4) is 0 Å². The van der Waals surface area contributed by atoms with Crippen molar-refractivity contribution in [2.45, 2.75) is 31.7 Å². The van der Waals surface area contributed by atoms with E-state index in [1.165, 1.54) is 11.8 Å². The Labute approximate surface area is 186 Å². The van der Waals surface area contributed by atoms with Gasteiger partial charge in [-0.15, -0.1) is 10.2 Å². The van der Waals surface area contributed by atoms with Crippen LogP contribution in [0.1, 0.15) is 28.6 Å². The summed E-state index contributed by atoms with van der Waals surface area (Å²) in [6.45, 7) is 4.38. The van der Waals surface area contributed by atoms with Gasteiger partial charge < -0.3 is 9.84 Å². The molecule has 1 heterocycles. The Morgan fingerprint density at radius 1 is 0.871 bits per heavy atom. The van der Waals surface area contributed by atoms with E-state index in [0.717, 1.165) is 33.3 Å². The lowest BCUT2D eigenvalue weighted by Crippen LogP contribution is -2.08. The van der Waals surface area contributed by atoms with E-state index in [4.69, 9.17) is 4.74 Å². The molecule has 3 aromatic carbocycles. The highest BCUT2D eigenvalue weighted by molar-refractivity contribution is 7.99. The van der Waals surface area contributed by atoms with Crippen LogP contribution in [0.4, 0.5) is 0 Å². The molecule has 4 aromatic rings. The van der Waals surface area contributed by atoms with Gasteiger partial charge in [-0.05, 0) is 42.7 Å². The van der Waals surface area contributed by atoms with Crippen LogP contribution in [0, 0.1) is 13.8 Å². The SMILES string of the molecule is Cc1cccc(C)c1OCc1nnc(SC[C@@H](O)c2ccccc2)n1-c1ccccc1. The average Bonchev–Trinajstić information content (AvgIpc) is 3.21. The minimum absolute atomic E-state index is 0.301. The zero-order chi connectivity index (χ0) is 21.6. The van der Waals surface area contributed by atoms with Crippen molar-refractivity contribution in [3.8, 4) is 11.4 Å². The Balaban J connectivity index is 1.57. The number of hydrogen-bond acceptors (Lipinski definition) is 5. The number of aliphatic hydroxyl groups excluding tert-OH is 1. The van der Waals surface area contributed by atoms with Crippen LogP contribution in [0.25, 0.3) is 5.69 Å². The minimum Gasteiger partial charge on any atom is -0.485 e. The number of rotatable bonds is 8. The Morgan fingerprint density at radius 3 is 2.19 bits per heavy atom. The summed E-state index contributed by atoms with van der Waals surface area (Å²) in [4.78, 5) is 0. The highest BCUT2D eigenvalue weighted by Gasteiger charge is 2.18. The monoisotopic (exact) mass is 431 g/mol. The number of aliphatic hydroxyl groups is 1. The fourth-order valence-electron chi connectivity index (χ4n) is 3.41. The Bertz CT molecular complexity index is 1110. The number of aromatic nitrogens is 3. The van der Waals surface area contributed by atoms with Gasteiger partial charge in [0.2, 0.25) is 0 Å². The molecule has 0 spiro atoms. The third-order valence-electron chi connectivity index (χ3n) is 5.02. The Hall–Kier alpha value is -3.09. The van der Waals surface area contributed by atoms with Crippen molar-refractivity contribution >= 4 is 11.8 Å². The normalized spacial score (nSPS) is 12.0. The van der Waals surface area contributed by atoms with E-state index in [2.05, 4.69) is 10.2 Å². The fraction of sp³-hybridized carbons (Fsp3) is 0.200. The standard InChI is InChI=1S/C25H25N3O2S/c1-18-10-9-11-19(2)24(18)30-16-23-26-27-25(28(23)21-14-7-4-8-15-21)31-17-22(29)20-12-5-3-6-13-20/h3-15,22,29H,16-17H2,1-2H3/t22-/m1/s1. The summed E-state index contributed by atoms with van der Waals surface area (Å²) in [6, 6.07) is 25.7. The summed E-state index contributed by atoms with van der Waals surface area (Å²) in [6.07, 6.45) is -0.582. The fourth-order valence-corrected chi connectivity index (χ4v) is 4.35. The van der Waals surface area contributed by atoms with Gasteiger partial charge in [-0.1, -0.05) is 78.5 Å². The van der Waals surface area contributed by atoms with Crippen molar-refractivity contribution in [3.05, 3.63) is 101 Å². The van der Waals surface area contributed by atoms with E-state index in [1.54, 1.807) is 0 Å². The van der Waals surface area contributed by atoms with Gasteiger partial charge in [-0.25, -0.2) is 0 Å². The van der Waals surface area contributed by atoms with Crippen molar-refractivity contribution in [1.82, 2.24) is 14.8 Å². The molecule has 1 aromatic heterocycles. The smallest absolute Gasteiger partial charge is 0.196 e. The molecule has 0 aliphatic heterocycles. The van der Waals surface area contributed by atoms with Crippen molar-refractivity contribution in [3.63, 3.8) is 0 Å². The molecule has 0 unspecified atom stereocenters. The summed E-state index contributed by atoms with van der Waals surface area (Å²) in [5.41, 5.74) is 4.03. The van der Waals surface area contributed by atoms with Gasteiger partial charge in [-0.2, -0.15) is 0 Å². The number of hydrogen-bond donors (Lipinski definition) is 1. The van der Waals surface area contributed by atoms with Gasteiger partial charge in [0.1, 0.15) is 12.4 Å². The predicted octanol–water partition coefficient (Wildman–Crippen LogP) is 5.29. The van der Waals surface area contributed by atoms with E-state index in [1.807, 2.05) is 97.3 Å². The van der Waals surface area contributed by atoms with Gasteiger partial charge in [0, 0.05) is 11.4 Å². The maximum Gasteiger partial charge on any atom is 0.196 e. The second-order valence-corrected chi connectivity index (χ2v) is 8.30. The topological polar surface area (TPSA) is 60.2 Å². The molecule has 158 valence electrons. The molecule has 0 saturated carbocycles. The Kier molecular flexibility index (Phi) is 6.70. The molecule has 1 atom stereocenters. The minimum atomic E-state index is -0.582. The molecule has 0 aliphatic carbocycles. The molecule has 0 fully saturated rings. The van der Waals surface area contributed by atoms with Crippen LogP contribution >= 0.6 is 11.8 Å². The molecule has 0 aliphatic rings. The molecule has 0 bridgehead atoms. The van der Waals surface area contributed by atoms with Crippen LogP contribution < -0.4 is 4.74 Å². The summed E-state index contributed by atoms with van der Waals surface area (Å²) in [5.74, 6) is 2.07. The van der Waals surface area contributed by atoms with Crippen molar-refractivity contribution in [2.75, 3.05) is 5.75 Å². The van der Waals surface area contributed by atoms with Gasteiger partial charge in [0.05, 0.1) is 6.10 Å². The lowest BCUT2D eigenvalue weighted by atomic mass is 10.1. The molecule has 6 heteroatoms. The van der Waals surface area contributed by atoms with E-state index >= 15 is 0 Å². The quantitative estimate of drug-likeness (QED) is 0.384. The zero-order valence-electron chi connectivity index (χ0n) is 17.6. The number of para-hydroxylation sites is 2. The van der Waals surface area contributed by atoms with Crippen molar-refractivity contribution < 1.29 is 9.84 Å². The third kappa shape index (κ3) is 4.98. The second kappa shape index (κ2) is 9.81. The first-order valence-electron chi connectivity index (χ1n) is 10.2. The number of thioether (sulfide) groups is 1.